The SMILES string of the molecule is C=C(CC(=O)c1cc(F)ccc1O)C(=O)O. The highest BCUT2D eigenvalue weighted by Crippen LogP contribution is 2.20. The number of hydrogen-bond acceptors (Lipinski definition) is 3. The molecule has 0 aromatic heterocycles. The van der Waals surface area contributed by atoms with Gasteiger partial charge in [0.2, 0.25) is 0 Å². The van der Waals surface area contributed by atoms with Gasteiger partial charge in [0.25, 0.3) is 0 Å². The van der Waals surface area contributed by atoms with Gasteiger partial charge in [-0.15, -0.1) is 0 Å². The number of carboxylic acid groups (broad SMARTS) is 1. The molecule has 0 atom stereocenters. The second kappa shape index (κ2) is 4.57. The van der Waals surface area contributed by atoms with E-state index in [2.05, 4.69) is 6.58 Å². The van der Waals surface area contributed by atoms with Crippen molar-refractivity contribution in [2.24, 2.45) is 0 Å². The Morgan fingerprint density at radius 3 is 2.56 bits per heavy atom. The third kappa shape index (κ3) is 2.66. The van der Waals surface area contributed by atoms with Crippen LogP contribution in [0.1, 0.15) is 16.8 Å². The van der Waals surface area contributed by atoms with Crippen molar-refractivity contribution in [2.45, 2.75) is 6.42 Å². The summed E-state index contributed by atoms with van der Waals surface area (Å²) >= 11 is 0. The van der Waals surface area contributed by atoms with Crippen LogP contribution in [0.4, 0.5) is 4.39 Å². The van der Waals surface area contributed by atoms with Crippen molar-refractivity contribution in [1.82, 2.24) is 0 Å². The number of carbonyl (C=O) groups excluding carboxylic acids is 1. The van der Waals surface area contributed by atoms with Crippen LogP contribution >= 0.6 is 0 Å². The number of aromatic hydroxyl groups is 1. The number of carboxylic acids is 1. The Kier molecular flexibility index (Phi) is 3.40. The summed E-state index contributed by atoms with van der Waals surface area (Å²) in [6.45, 7) is 3.18. The second-order valence-corrected chi connectivity index (χ2v) is 3.17. The monoisotopic (exact) mass is 224 g/mol. The minimum atomic E-state index is -1.30. The maximum Gasteiger partial charge on any atom is 0.331 e. The van der Waals surface area contributed by atoms with E-state index in [4.69, 9.17) is 5.11 Å². The van der Waals surface area contributed by atoms with Crippen LogP contribution in [0.5, 0.6) is 5.75 Å². The molecule has 84 valence electrons. The normalized spacial score (nSPS) is 9.81. The number of aliphatic carboxylic acids is 1. The van der Waals surface area contributed by atoms with Crippen LogP contribution in [0, 0.1) is 5.82 Å². The highest BCUT2D eigenvalue weighted by molar-refractivity contribution is 6.04. The largest absolute Gasteiger partial charge is 0.507 e. The van der Waals surface area contributed by atoms with Crippen molar-refractivity contribution in [1.29, 1.82) is 0 Å². The first-order valence-electron chi connectivity index (χ1n) is 4.34. The molecule has 0 saturated heterocycles. The van der Waals surface area contributed by atoms with Gasteiger partial charge >= 0.3 is 5.97 Å². The molecule has 0 aliphatic carbocycles. The Bertz CT molecular complexity index is 465. The Balaban J connectivity index is 2.93. The Hall–Kier alpha value is -2.17. The molecule has 16 heavy (non-hydrogen) atoms. The number of ketones is 1. The van der Waals surface area contributed by atoms with Crippen molar-refractivity contribution in [3.63, 3.8) is 0 Å². The fraction of sp³-hybridized carbons (Fsp3) is 0.0909. The molecule has 2 N–H and O–H groups in total. The van der Waals surface area contributed by atoms with Gasteiger partial charge in [0.1, 0.15) is 11.6 Å². The van der Waals surface area contributed by atoms with Crippen molar-refractivity contribution >= 4 is 11.8 Å². The molecule has 0 radical (unpaired) electrons. The van der Waals surface area contributed by atoms with Crippen molar-refractivity contribution in [3.8, 4) is 5.75 Å². The van der Waals surface area contributed by atoms with Gasteiger partial charge in [-0.1, -0.05) is 6.58 Å². The third-order valence-corrected chi connectivity index (χ3v) is 1.94. The molecule has 1 aromatic carbocycles. The molecule has 1 aromatic rings. The number of hydrogen-bond donors (Lipinski definition) is 2. The Morgan fingerprint density at radius 2 is 2.00 bits per heavy atom. The van der Waals surface area contributed by atoms with E-state index >= 15 is 0 Å². The van der Waals surface area contributed by atoms with E-state index in [0.717, 1.165) is 18.2 Å². The summed E-state index contributed by atoms with van der Waals surface area (Å²) < 4.78 is 12.8. The van der Waals surface area contributed by atoms with Crippen LogP contribution in [0.2, 0.25) is 0 Å². The van der Waals surface area contributed by atoms with Gasteiger partial charge in [-0.2, -0.15) is 0 Å². The van der Waals surface area contributed by atoms with Gasteiger partial charge < -0.3 is 10.2 Å². The molecular weight excluding hydrogens is 215 g/mol. The zero-order valence-electron chi connectivity index (χ0n) is 8.24. The molecular formula is C11H9FO4. The van der Waals surface area contributed by atoms with Gasteiger partial charge in [0.15, 0.2) is 5.78 Å². The summed E-state index contributed by atoms with van der Waals surface area (Å²) in [5.74, 6) is -3.06. The number of Topliss-reactive ketones (excluding diaryl/α,β-unsaturated/α-hetero) is 1. The lowest BCUT2D eigenvalue weighted by Gasteiger charge is -2.03. The van der Waals surface area contributed by atoms with Crippen LogP contribution in [-0.2, 0) is 4.79 Å². The van der Waals surface area contributed by atoms with Crippen molar-refractivity contribution in [2.75, 3.05) is 0 Å². The number of carbonyl (C=O) groups is 2. The van der Waals surface area contributed by atoms with E-state index in [0.29, 0.717) is 0 Å². The standard InChI is InChI=1S/C11H9FO4/c1-6(11(15)16)4-10(14)8-5-7(12)2-3-9(8)13/h2-3,5,13H,1,4H2,(H,15,16). The predicted molar refractivity (Wildman–Crippen MR) is 53.8 cm³/mol. The summed E-state index contributed by atoms with van der Waals surface area (Å²) in [6, 6.07) is 2.89. The van der Waals surface area contributed by atoms with E-state index < -0.39 is 24.0 Å². The average Bonchev–Trinajstić information content (AvgIpc) is 2.21. The molecule has 0 spiro atoms. The van der Waals surface area contributed by atoms with Gasteiger partial charge in [-0.05, 0) is 18.2 Å². The molecule has 0 fully saturated rings. The smallest absolute Gasteiger partial charge is 0.331 e. The van der Waals surface area contributed by atoms with E-state index in [-0.39, 0.29) is 16.9 Å². The molecule has 0 saturated carbocycles. The molecule has 0 aliphatic rings. The third-order valence-electron chi connectivity index (χ3n) is 1.94. The first-order chi connectivity index (χ1) is 7.41. The summed E-state index contributed by atoms with van der Waals surface area (Å²) in [6.07, 6.45) is -0.466. The van der Waals surface area contributed by atoms with Crippen LogP contribution in [0.25, 0.3) is 0 Å². The quantitative estimate of drug-likeness (QED) is 0.603. The fourth-order valence-corrected chi connectivity index (χ4v) is 1.10. The highest BCUT2D eigenvalue weighted by Gasteiger charge is 2.16. The number of phenolic OH excluding ortho intramolecular Hbond substituents is 1. The summed E-state index contributed by atoms with van der Waals surface area (Å²) in [5, 5.41) is 17.8. The lowest BCUT2D eigenvalue weighted by atomic mass is 10.0. The van der Waals surface area contributed by atoms with Crippen LogP contribution in [0.15, 0.2) is 30.4 Å². The van der Waals surface area contributed by atoms with Gasteiger partial charge in [0, 0.05) is 12.0 Å². The molecule has 4 nitrogen and oxygen atoms in total. The predicted octanol–water partition coefficient (Wildman–Crippen LogP) is 1.74. The molecule has 1 rings (SSSR count). The van der Waals surface area contributed by atoms with Gasteiger partial charge in [-0.25, -0.2) is 9.18 Å². The molecule has 0 unspecified atom stereocenters. The molecule has 0 bridgehead atoms. The van der Waals surface area contributed by atoms with Crippen LogP contribution < -0.4 is 0 Å². The number of rotatable bonds is 4. The van der Waals surface area contributed by atoms with E-state index in [1.165, 1.54) is 0 Å². The van der Waals surface area contributed by atoms with Crippen molar-refractivity contribution < 1.29 is 24.2 Å². The Morgan fingerprint density at radius 1 is 1.38 bits per heavy atom. The fourth-order valence-electron chi connectivity index (χ4n) is 1.10. The maximum absolute atomic E-state index is 12.8. The lowest BCUT2D eigenvalue weighted by Crippen LogP contribution is -2.07. The first kappa shape index (κ1) is 11.9. The van der Waals surface area contributed by atoms with Crippen LogP contribution in [0.3, 0.4) is 0 Å². The molecule has 0 aliphatic heterocycles. The van der Waals surface area contributed by atoms with E-state index in [1.807, 2.05) is 0 Å². The summed E-state index contributed by atoms with van der Waals surface area (Å²) in [7, 11) is 0. The average molecular weight is 224 g/mol. The summed E-state index contributed by atoms with van der Waals surface area (Å²) in [5.41, 5.74) is -0.559. The first-order valence-corrected chi connectivity index (χ1v) is 4.34. The number of halogens is 1. The maximum atomic E-state index is 12.8. The molecule has 5 heteroatoms. The van der Waals surface area contributed by atoms with Crippen molar-refractivity contribution in [3.05, 3.63) is 41.7 Å². The molecule has 0 heterocycles. The molecule has 0 amide bonds. The van der Waals surface area contributed by atoms with Gasteiger partial charge in [-0.3, -0.25) is 4.79 Å². The van der Waals surface area contributed by atoms with E-state index in [1.54, 1.807) is 0 Å². The zero-order valence-corrected chi connectivity index (χ0v) is 8.24. The number of phenols is 1. The van der Waals surface area contributed by atoms with Gasteiger partial charge in [0.05, 0.1) is 5.56 Å². The minimum Gasteiger partial charge on any atom is -0.507 e. The highest BCUT2D eigenvalue weighted by atomic mass is 19.1. The second-order valence-electron chi connectivity index (χ2n) is 3.17. The summed E-state index contributed by atoms with van der Waals surface area (Å²) in [4.78, 5) is 21.9. The Labute approximate surface area is 90.6 Å². The topological polar surface area (TPSA) is 74.6 Å². The number of benzene rings is 1. The van der Waals surface area contributed by atoms with E-state index in [9.17, 15) is 19.1 Å². The zero-order chi connectivity index (χ0) is 12.3. The van der Waals surface area contributed by atoms with Crippen LogP contribution in [-0.4, -0.2) is 22.0 Å². The lowest BCUT2D eigenvalue weighted by molar-refractivity contribution is -0.132. The minimum absolute atomic E-state index is 0.248.